The van der Waals surface area contributed by atoms with Gasteiger partial charge in [0, 0.05) is 42.3 Å². The van der Waals surface area contributed by atoms with Gasteiger partial charge in [0.1, 0.15) is 10.0 Å². The van der Waals surface area contributed by atoms with Crippen molar-refractivity contribution in [3.63, 3.8) is 0 Å². The van der Waals surface area contributed by atoms with Crippen LogP contribution in [0.2, 0.25) is 0 Å². The zero-order chi connectivity index (χ0) is 19.3. The van der Waals surface area contributed by atoms with Gasteiger partial charge in [-0.15, -0.1) is 10.2 Å². The van der Waals surface area contributed by atoms with Gasteiger partial charge in [0.05, 0.1) is 5.52 Å². The maximum Gasteiger partial charge on any atom is 0.324 e. The Balaban J connectivity index is 1.39. The van der Waals surface area contributed by atoms with E-state index in [-0.39, 0.29) is 18.1 Å². The number of likely N-dealkylation sites (N-methyl/N-ethyl adjacent to an activating group) is 1. The maximum absolute atomic E-state index is 12.9. The van der Waals surface area contributed by atoms with Crippen LogP contribution in [-0.4, -0.2) is 68.2 Å². The number of amides is 2. The first-order valence-corrected chi connectivity index (χ1v) is 10.2. The second-order valence-electron chi connectivity index (χ2n) is 7.54. The SMILES string of the molecule is Cc1nnc(-c2ccc3cnc(NC(=O)N4C5CCC4CN(C)C5)nc3c2)s1. The molecule has 5 rings (SSSR count). The van der Waals surface area contributed by atoms with Crippen molar-refractivity contribution in [2.75, 3.05) is 25.5 Å². The van der Waals surface area contributed by atoms with Gasteiger partial charge in [-0.2, -0.15) is 0 Å². The quantitative estimate of drug-likeness (QED) is 0.718. The van der Waals surface area contributed by atoms with Crippen LogP contribution < -0.4 is 5.32 Å². The fourth-order valence-electron chi connectivity index (χ4n) is 4.24. The maximum atomic E-state index is 12.9. The summed E-state index contributed by atoms with van der Waals surface area (Å²) < 4.78 is 0. The normalized spacial score (nSPS) is 22.0. The van der Waals surface area contributed by atoms with E-state index in [1.54, 1.807) is 17.5 Å². The highest BCUT2D eigenvalue weighted by Gasteiger charge is 2.41. The van der Waals surface area contributed by atoms with Crippen molar-refractivity contribution in [1.29, 1.82) is 0 Å². The monoisotopic (exact) mass is 395 g/mol. The zero-order valence-electron chi connectivity index (χ0n) is 15.8. The third-order valence-electron chi connectivity index (χ3n) is 5.47. The fourth-order valence-corrected chi connectivity index (χ4v) is 4.92. The second-order valence-corrected chi connectivity index (χ2v) is 8.72. The number of urea groups is 1. The van der Waals surface area contributed by atoms with E-state index < -0.39 is 0 Å². The van der Waals surface area contributed by atoms with Crippen LogP contribution in [0.1, 0.15) is 17.8 Å². The molecule has 2 bridgehead atoms. The van der Waals surface area contributed by atoms with Crippen LogP contribution in [0.25, 0.3) is 21.5 Å². The molecule has 0 spiro atoms. The topological polar surface area (TPSA) is 87.1 Å². The summed E-state index contributed by atoms with van der Waals surface area (Å²) in [5.41, 5.74) is 1.74. The lowest BCUT2D eigenvalue weighted by atomic mass is 10.1. The van der Waals surface area contributed by atoms with Crippen molar-refractivity contribution in [1.82, 2.24) is 30.0 Å². The fraction of sp³-hybridized carbons (Fsp3) is 0.421. The summed E-state index contributed by atoms with van der Waals surface area (Å²) in [6.07, 6.45) is 3.86. The van der Waals surface area contributed by atoms with Gasteiger partial charge in [-0.3, -0.25) is 5.32 Å². The molecule has 1 aromatic carbocycles. The van der Waals surface area contributed by atoms with E-state index in [0.29, 0.717) is 5.95 Å². The van der Waals surface area contributed by atoms with Gasteiger partial charge in [-0.05, 0) is 32.9 Å². The van der Waals surface area contributed by atoms with Gasteiger partial charge in [0.25, 0.3) is 0 Å². The number of anilines is 1. The molecule has 2 fully saturated rings. The molecule has 2 saturated heterocycles. The molecule has 144 valence electrons. The molecule has 8 nitrogen and oxygen atoms in total. The molecule has 2 aromatic heterocycles. The highest BCUT2D eigenvalue weighted by molar-refractivity contribution is 7.14. The van der Waals surface area contributed by atoms with E-state index in [0.717, 1.165) is 52.4 Å². The van der Waals surface area contributed by atoms with E-state index in [1.807, 2.05) is 30.0 Å². The van der Waals surface area contributed by atoms with Gasteiger partial charge in [-0.25, -0.2) is 14.8 Å². The molecule has 2 aliphatic rings. The average Bonchev–Trinajstić information content (AvgIpc) is 3.22. The third-order valence-corrected chi connectivity index (χ3v) is 6.36. The smallest absolute Gasteiger partial charge is 0.316 e. The van der Waals surface area contributed by atoms with E-state index in [9.17, 15) is 4.79 Å². The lowest BCUT2D eigenvalue weighted by Crippen LogP contribution is -2.55. The number of piperazine rings is 1. The Morgan fingerprint density at radius 3 is 2.71 bits per heavy atom. The lowest BCUT2D eigenvalue weighted by molar-refractivity contribution is 0.111. The molecule has 0 aliphatic carbocycles. The van der Waals surface area contributed by atoms with Gasteiger partial charge in [-0.1, -0.05) is 23.5 Å². The van der Waals surface area contributed by atoms with Crippen molar-refractivity contribution in [3.8, 4) is 10.6 Å². The van der Waals surface area contributed by atoms with Crippen LogP contribution in [0.5, 0.6) is 0 Å². The van der Waals surface area contributed by atoms with Crippen LogP contribution in [-0.2, 0) is 0 Å². The first kappa shape index (κ1) is 17.4. The number of nitrogens with one attached hydrogen (secondary N) is 1. The number of benzene rings is 1. The predicted molar refractivity (Wildman–Crippen MR) is 108 cm³/mol. The first-order valence-electron chi connectivity index (χ1n) is 9.42. The van der Waals surface area contributed by atoms with Crippen molar-refractivity contribution < 1.29 is 4.79 Å². The minimum Gasteiger partial charge on any atom is -0.316 e. The molecule has 28 heavy (non-hydrogen) atoms. The summed E-state index contributed by atoms with van der Waals surface area (Å²) in [5.74, 6) is 0.335. The number of nitrogens with zero attached hydrogens (tertiary/aromatic N) is 6. The van der Waals surface area contributed by atoms with Crippen LogP contribution in [0.15, 0.2) is 24.4 Å². The lowest BCUT2D eigenvalue weighted by Gasteiger charge is -2.39. The highest BCUT2D eigenvalue weighted by atomic mass is 32.1. The Bertz CT molecular complexity index is 1040. The minimum atomic E-state index is -0.101. The highest BCUT2D eigenvalue weighted by Crippen LogP contribution is 2.30. The van der Waals surface area contributed by atoms with Crippen LogP contribution in [0, 0.1) is 6.92 Å². The summed E-state index contributed by atoms with van der Waals surface area (Å²) in [5, 5.41) is 13.9. The third kappa shape index (κ3) is 3.10. The van der Waals surface area contributed by atoms with E-state index in [4.69, 9.17) is 0 Å². The Hall–Kier alpha value is -2.65. The van der Waals surface area contributed by atoms with Crippen LogP contribution in [0.4, 0.5) is 10.7 Å². The number of carbonyl (C=O) groups excluding carboxylic acids is 1. The average molecular weight is 395 g/mol. The number of hydrogen-bond donors (Lipinski definition) is 1. The van der Waals surface area contributed by atoms with E-state index in [2.05, 4.69) is 37.4 Å². The molecule has 2 unspecified atom stereocenters. The number of aryl methyl sites for hydroxylation is 1. The Kier molecular flexibility index (Phi) is 4.21. The van der Waals surface area contributed by atoms with Gasteiger partial charge in [0.2, 0.25) is 5.95 Å². The molecule has 3 aromatic rings. The molecular formula is C19H21N7OS. The Morgan fingerprint density at radius 2 is 2.00 bits per heavy atom. The zero-order valence-corrected chi connectivity index (χ0v) is 16.6. The number of likely N-dealkylation sites (tertiary alicyclic amines) is 1. The molecule has 2 atom stereocenters. The second kappa shape index (κ2) is 6.75. The largest absolute Gasteiger partial charge is 0.324 e. The van der Waals surface area contributed by atoms with Crippen molar-refractivity contribution in [3.05, 3.63) is 29.4 Å². The van der Waals surface area contributed by atoms with Crippen LogP contribution in [0.3, 0.4) is 0 Å². The summed E-state index contributed by atoms with van der Waals surface area (Å²) in [6, 6.07) is 6.37. The standard InChI is InChI=1S/C19H21N7OS/c1-11-23-24-17(28-11)12-3-4-13-8-20-18(21-16(13)7-12)22-19(27)26-14-5-6-15(26)10-25(2)9-14/h3-4,7-8,14-15H,5-6,9-10H2,1-2H3,(H,20,21,22,27). The number of hydrogen-bond acceptors (Lipinski definition) is 7. The minimum absolute atomic E-state index is 0.101. The summed E-state index contributed by atoms with van der Waals surface area (Å²) in [7, 11) is 2.12. The molecule has 0 saturated carbocycles. The summed E-state index contributed by atoms with van der Waals surface area (Å²) in [6.45, 7) is 3.78. The van der Waals surface area contributed by atoms with Crippen molar-refractivity contribution >= 4 is 34.2 Å². The van der Waals surface area contributed by atoms with E-state index in [1.165, 1.54) is 0 Å². The van der Waals surface area contributed by atoms with Crippen molar-refractivity contribution in [2.24, 2.45) is 0 Å². The number of carbonyl (C=O) groups is 1. The molecule has 4 heterocycles. The Morgan fingerprint density at radius 1 is 1.21 bits per heavy atom. The van der Waals surface area contributed by atoms with Gasteiger partial charge < -0.3 is 9.80 Å². The molecule has 1 N–H and O–H groups in total. The first-order chi connectivity index (χ1) is 13.6. The summed E-state index contributed by atoms with van der Waals surface area (Å²) >= 11 is 1.54. The number of rotatable bonds is 2. The predicted octanol–water partition coefficient (Wildman–Crippen LogP) is 2.77. The van der Waals surface area contributed by atoms with Gasteiger partial charge >= 0.3 is 6.03 Å². The van der Waals surface area contributed by atoms with Gasteiger partial charge in [0.15, 0.2) is 0 Å². The molecule has 2 amide bonds. The molecular weight excluding hydrogens is 374 g/mol. The van der Waals surface area contributed by atoms with Crippen molar-refractivity contribution in [2.45, 2.75) is 31.8 Å². The van der Waals surface area contributed by atoms with Crippen LogP contribution >= 0.6 is 11.3 Å². The number of fused-ring (bicyclic) bond motifs is 3. The molecule has 9 heteroatoms. The molecule has 2 aliphatic heterocycles. The molecule has 0 radical (unpaired) electrons. The number of aromatic nitrogens is 4. The summed E-state index contributed by atoms with van der Waals surface area (Å²) in [4.78, 5) is 26.0. The van der Waals surface area contributed by atoms with E-state index >= 15 is 0 Å². The Labute approximate surface area is 166 Å².